The molecule has 14 heavy (non-hydrogen) atoms. The maximum absolute atomic E-state index is 12.8. The minimum Gasteiger partial charge on any atom is -0.363 e. The highest BCUT2D eigenvalue weighted by Gasteiger charge is 2.61. The molecule has 1 saturated heterocycles. The molecule has 2 nitrogen and oxygen atoms in total. The average molecular weight is 219 g/mol. The van der Waals surface area contributed by atoms with Gasteiger partial charge in [-0.15, -0.1) is 11.3 Å². The first kappa shape index (κ1) is 9.98. The van der Waals surface area contributed by atoms with Gasteiger partial charge in [0, 0.05) is 6.20 Å². The van der Waals surface area contributed by atoms with Crippen molar-refractivity contribution in [1.82, 2.24) is 4.98 Å². The van der Waals surface area contributed by atoms with E-state index < -0.39 is 24.4 Å². The van der Waals surface area contributed by atoms with E-state index in [-0.39, 0.29) is 0 Å². The topological polar surface area (TPSA) is 25.4 Å². The van der Waals surface area contributed by atoms with Crippen LogP contribution in [-0.4, -0.2) is 24.9 Å². The zero-order valence-electron chi connectivity index (χ0n) is 7.80. The standard InChI is InChI=1S/C9H11F2NOS/c1-8(3-10,4-11)9(5-13-9)7-2-12-6-14-7/h2,6H,3-5H2,1H3. The molecule has 1 aliphatic heterocycles. The Morgan fingerprint density at radius 2 is 2.29 bits per heavy atom. The number of hydrogen-bond acceptors (Lipinski definition) is 3. The molecule has 0 aromatic carbocycles. The number of ether oxygens (including phenoxy) is 1. The van der Waals surface area contributed by atoms with Crippen LogP contribution in [0.4, 0.5) is 8.78 Å². The van der Waals surface area contributed by atoms with Gasteiger partial charge >= 0.3 is 0 Å². The maximum atomic E-state index is 12.8. The number of rotatable bonds is 4. The fourth-order valence-corrected chi connectivity index (χ4v) is 2.44. The molecule has 78 valence electrons. The van der Waals surface area contributed by atoms with Gasteiger partial charge in [-0.05, 0) is 0 Å². The predicted molar refractivity (Wildman–Crippen MR) is 49.8 cm³/mol. The predicted octanol–water partition coefficient (Wildman–Crippen LogP) is 2.31. The summed E-state index contributed by atoms with van der Waals surface area (Å²) in [5.74, 6) is 0. The summed E-state index contributed by atoms with van der Waals surface area (Å²) in [4.78, 5) is 4.72. The third-order valence-electron chi connectivity index (χ3n) is 2.83. The van der Waals surface area contributed by atoms with Crippen molar-refractivity contribution < 1.29 is 13.5 Å². The molecule has 1 aromatic rings. The van der Waals surface area contributed by atoms with Crippen molar-refractivity contribution in [3.8, 4) is 0 Å². The highest BCUT2D eigenvalue weighted by atomic mass is 32.1. The first-order valence-corrected chi connectivity index (χ1v) is 5.21. The van der Waals surface area contributed by atoms with E-state index >= 15 is 0 Å². The van der Waals surface area contributed by atoms with Crippen molar-refractivity contribution in [2.75, 3.05) is 20.0 Å². The van der Waals surface area contributed by atoms with Gasteiger partial charge in [0.25, 0.3) is 0 Å². The third-order valence-corrected chi connectivity index (χ3v) is 3.74. The number of epoxide rings is 1. The Morgan fingerprint density at radius 1 is 1.64 bits per heavy atom. The second kappa shape index (κ2) is 3.24. The summed E-state index contributed by atoms with van der Waals surface area (Å²) in [5, 5.41) is 0. The maximum Gasteiger partial charge on any atom is 0.137 e. The lowest BCUT2D eigenvalue weighted by Gasteiger charge is -2.28. The first-order valence-electron chi connectivity index (χ1n) is 4.33. The summed E-state index contributed by atoms with van der Waals surface area (Å²) in [6.07, 6.45) is 1.63. The van der Waals surface area contributed by atoms with Crippen LogP contribution < -0.4 is 0 Å². The Labute approximate surface area is 84.9 Å². The molecule has 1 aromatic heterocycles. The van der Waals surface area contributed by atoms with Crippen molar-refractivity contribution in [3.05, 3.63) is 16.6 Å². The summed E-state index contributed by atoms with van der Waals surface area (Å²) in [6.45, 7) is 0.516. The molecule has 1 aliphatic rings. The van der Waals surface area contributed by atoms with E-state index in [1.807, 2.05) is 0 Å². The monoisotopic (exact) mass is 219 g/mol. The second-order valence-electron chi connectivity index (χ2n) is 3.81. The van der Waals surface area contributed by atoms with Gasteiger partial charge in [0.15, 0.2) is 0 Å². The number of aromatic nitrogens is 1. The number of hydrogen-bond donors (Lipinski definition) is 0. The molecular formula is C9H11F2NOS. The smallest absolute Gasteiger partial charge is 0.137 e. The lowest BCUT2D eigenvalue weighted by atomic mass is 9.78. The molecule has 2 heterocycles. The molecule has 0 saturated carbocycles. The number of alkyl halides is 2. The molecule has 1 atom stereocenters. The first-order chi connectivity index (χ1) is 6.68. The van der Waals surface area contributed by atoms with E-state index in [0.29, 0.717) is 6.61 Å². The van der Waals surface area contributed by atoms with Crippen LogP contribution in [0.15, 0.2) is 11.7 Å². The summed E-state index contributed by atoms with van der Waals surface area (Å²) in [7, 11) is 0. The molecular weight excluding hydrogens is 208 g/mol. The summed E-state index contributed by atoms with van der Waals surface area (Å²) in [6, 6.07) is 0. The highest BCUT2D eigenvalue weighted by molar-refractivity contribution is 7.09. The van der Waals surface area contributed by atoms with Gasteiger partial charge < -0.3 is 4.74 Å². The van der Waals surface area contributed by atoms with Gasteiger partial charge in [-0.3, -0.25) is 13.8 Å². The van der Waals surface area contributed by atoms with Crippen molar-refractivity contribution in [3.63, 3.8) is 0 Å². The van der Waals surface area contributed by atoms with Gasteiger partial charge in [0.1, 0.15) is 19.0 Å². The molecule has 0 aliphatic carbocycles. The van der Waals surface area contributed by atoms with E-state index in [1.165, 1.54) is 11.3 Å². The number of nitrogens with zero attached hydrogens (tertiary/aromatic N) is 1. The van der Waals surface area contributed by atoms with Crippen LogP contribution in [0, 0.1) is 5.41 Å². The van der Waals surface area contributed by atoms with Crippen molar-refractivity contribution in [2.45, 2.75) is 12.5 Å². The van der Waals surface area contributed by atoms with Crippen LogP contribution in [0.2, 0.25) is 0 Å². The molecule has 0 spiro atoms. The Balaban J connectivity index is 2.33. The van der Waals surface area contributed by atoms with Gasteiger partial charge in [-0.1, -0.05) is 6.92 Å². The van der Waals surface area contributed by atoms with Gasteiger partial charge in [-0.25, -0.2) is 0 Å². The fourth-order valence-electron chi connectivity index (χ4n) is 1.53. The van der Waals surface area contributed by atoms with Crippen molar-refractivity contribution >= 4 is 11.3 Å². The zero-order chi connectivity index (χ0) is 10.2. The van der Waals surface area contributed by atoms with Gasteiger partial charge in [-0.2, -0.15) is 0 Å². The molecule has 0 radical (unpaired) electrons. The van der Waals surface area contributed by atoms with Crippen LogP contribution in [0.25, 0.3) is 0 Å². The largest absolute Gasteiger partial charge is 0.363 e. The van der Waals surface area contributed by atoms with Crippen LogP contribution in [0.5, 0.6) is 0 Å². The molecule has 0 bridgehead atoms. The summed E-state index contributed by atoms with van der Waals surface area (Å²) < 4.78 is 30.9. The Morgan fingerprint density at radius 3 is 2.64 bits per heavy atom. The zero-order valence-corrected chi connectivity index (χ0v) is 8.61. The van der Waals surface area contributed by atoms with E-state index in [1.54, 1.807) is 18.6 Å². The normalized spacial score (nSPS) is 26.5. The summed E-state index contributed by atoms with van der Waals surface area (Å²) >= 11 is 1.38. The number of halogens is 2. The third kappa shape index (κ3) is 1.19. The molecule has 0 N–H and O–H groups in total. The molecule has 1 unspecified atom stereocenters. The van der Waals surface area contributed by atoms with Crippen LogP contribution >= 0.6 is 11.3 Å². The quantitative estimate of drug-likeness (QED) is 0.726. The van der Waals surface area contributed by atoms with Crippen molar-refractivity contribution in [2.24, 2.45) is 5.41 Å². The minimum atomic E-state index is -1.07. The van der Waals surface area contributed by atoms with Crippen molar-refractivity contribution in [1.29, 1.82) is 0 Å². The Kier molecular flexibility index (Phi) is 2.31. The number of thiazole rings is 1. The van der Waals surface area contributed by atoms with Crippen LogP contribution in [-0.2, 0) is 10.3 Å². The van der Waals surface area contributed by atoms with E-state index in [9.17, 15) is 8.78 Å². The lowest BCUT2D eigenvalue weighted by Crippen LogP contribution is -2.37. The fraction of sp³-hybridized carbons (Fsp3) is 0.667. The van der Waals surface area contributed by atoms with Gasteiger partial charge in [0.2, 0.25) is 0 Å². The Bertz CT molecular complexity index is 307. The van der Waals surface area contributed by atoms with Gasteiger partial charge in [0.05, 0.1) is 22.4 Å². The highest BCUT2D eigenvalue weighted by Crippen LogP contribution is 2.54. The van der Waals surface area contributed by atoms with E-state index in [0.717, 1.165) is 4.88 Å². The summed E-state index contributed by atoms with van der Waals surface area (Å²) in [5.41, 5.74) is -0.188. The second-order valence-corrected chi connectivity index (χ2v) is 4.70. The molecule has 2 rings (SSSR count). The Hall–Kier alpha value is -0.550. The van der Waals surface area contributed by atoms with Crippen LogP contribution in [0.1, 0.15) is 11.8 Å². The lowest BCUT2D eigenvalue weighted by molar-refractivity contribution is 0.0595. The average Bonchev–Trinajstić information content (AvgIpc) is 2.86. The molecule has 1 fully saturated rings. The van der Waals surface area contributed by atoms with E-state index in [4.69, 9.17) is 4.74 Å². The SMILES string of the molecule is CC(CF)(CF)C1(c2cncs2)CO1. The van der Waals surface area contributed by atoms with Crippen LogP contribution in [0.3, 0.4) is 0 Å². The minimum absolute atomic E-state index is 0.388. The molecule has 5 heteroatoms. The molecule has 0 amide bonds. The van der Waals surface area contributed by atoms with E-state index in [2.05, 4.69) is 4.98 Å².